The van der Waals surface area contributed by atoms with Crippen molar-refractivity contribution < 1.29 is 9.59 Å². The number of nitrogens with one attached hydrogen (secondary N) is 1. The molecule has 2 aliphatic heterocycles. The van der Waals surface area contributed by atoms with Crippen molar-refractivity contribution in [1.82, 2.24) is 19.7 Å². The lowest BCUT2D eigenvalue weighted by Gasteiger charge is -2.38. The Balaban J connectivity index is 1.23. The zero-order valence-electron chi connectivity index (χ0n) is 17.4. The number of aromatic amines is 1. The highest BCUT2D eigenvalue weighted by atomic mass is 16.2. The van der Waals surface area contributed by atoms with Crippen LogP contribution in [0.25, 0.3) is 10.9 Å². The number of para-hydroxylation sites is 1. The number of nitrogens with zero attached hydrogens (tertiary/aromatic N) is 3. The van der Waals surface area contributed by atoms with Crippen LogP contribution in [0.3, 0.4) is 0 Å². The number of fused-ring (bicyclic) bond motifs is 1. The average Bonchev–Trinajstić information content (AvgIpc) is 3.16. The number of piperidine rings is 1. The molecule has 2 fully saturated rings. The maximum atomic E-state index is 12.7. The first-order valence-corrected chi connectivity index (χ1v) is 11.0. The van der Waals surface area contributed by atoms with Crippen LogP contribution >= 0.6 is 0 Å². The molecule has 2 aliphatic rings. The van der Waals surface area contributed by atoms with Crippen LogP contribution in [-0.4, -0.2) is 76.8 Å². The molecule has 0 unspecified atom stereocenters. The lowest BCUT2D eigenvalue weighted by atomic mass is 10.0. The van der Waals surface area contributed by atoms with Gasteiger partial charge in [-0.1, -0.05) is 18.2 Å². The summed E-state index contributed by atoms with van der Waals surface area (Å²) >= 11 is 0. The van der Waals surface area contributed by atoms with Crippen molar-refractivity contribution in [2.24, 2.45) is 0 Å². The molecule has 6 heteroatoms. The fraction of sp³-hybridized carbons (Fsp3) is 0.565. The Labute approximate surface area is 172 Å². The summed E-state index contributed by atoms with van der Waals surface area (Å²) in [4.78, 5) is 34.8. The van der Waals surface area contributed by atoms with Crippen molar-refractivity contribution in [3.63, 3.8) is 0 Å². The van der Waals surface area contributed by atoms with E-state index in [-0.39, 0.29) is 11.8 Å². The van der Waals surface area contributed by atoms with Gasteiger partial charge in [-0.15, -0.1) is 0 Å². The number of amides is 2. The molecule has 1 aromatic heterocycles. The second-order valence-electron chi connectivity index (χ2n) is 8.45. The van der Waals surface area contributed by atoms with E-state index < -0.39 is 0 Å². The maximum Gasteiger partial charge on any atom is 0.236 e. The van der Waals surface area contributed by atoms with Gasteiger partial charge in [-0.3, -0.25) is 14.5 Å². The van der Waals surface area contributed by atoms with E-state index in [2.05, 4.69) is 28.9 Å². The van der Waals surface area contributed by atoms with Crippen molar-refractivity contribution in [1.29, 1.82) is 0 Å². The zero-order valence-corrected chi connectivity index (χ0v) is 17.4. The van der Waals surface area contributed by atoms with Gasteiger partial charge in [-0.2, -0.15) is 0 Å². The van der Waals surface area contributed by atoms with Gasteiger partial charge < -0.3 is 14.8 Å². The second kappa shape index (κ2) is 8.99. The van der Waals surface area contributed by atoms with Gasteiger partial charge in [0.1, 0.15) is 0 Å². The molecular weight excluding hydrogens is 364 g/mol. The molecule has 1 aromatic carbocycles. The molecule has 0 saturated carbocycles. The Morgan fingerprint density at radius 3 is 2.62 bits per heavy atom. The van der Waals surface area contributed by atoms with Crippen molar-refractivity contribution in [2.45, 2.75) is 45.1 Å². The summed E-state index contributed by atoms with van der Waals surface area (Å²) in [7, 11) is 0. The number of carbonyl (C=O) groups is 2. The Hall–Kier alpha value is -2.34. The third-order valence-corrected chi connectivity index (χ3v) is 6.49. The first-order chi connectivity index (χ1) is 14.1. The fourth-order valence-electron chi connectivity index (χ4n) is 4.64. The largest absolute Gasteiger partial charge is 0.361 e. The molecule has 1 N–H and O–H groups in total. The van der Waals surface area contributed by atoms with Gasteiger partial charge in [0.15, 0.2) is 0 Å². The third-order valence-electron chi connectivity index (χ3n) is 6.49. The first kappa shape index (κ1) is 20.0. The smallest absolute Gasteiger partial charge is 0.236 e. The number of likely N-dealkylation sites (tertiary alicyclic amines) is 1. The number of benzene rings is 1. The topological polar surface area (TPSA) is 59.7 Å². The second-order valence-corrected chi connectivity index (χ2v) is 8.45. The number of H-pyrrole nitrogens is 1. The van der Waals surface area contributed by atoms with Crippen molar-refractivity contribution in [2.75, 3.05) is 39.3 Å². The maximum absolute atomic E-state index is 12.7. The van der Waals surface area contributed by atoms with Crippen LogP contribution in [0, 0.1) is 0 Å². The Morgan fingerprint density at radius 1 is 1.03 bits per heavy atom. The predicted octanol–water partition coefficient (Wildman–Crippen LogP) is 2.65. The van der Waals surface area contributed by atoms with Crippen LogP contribution in [0.15, 0.2) is 30.5 Å². The molecule has 0 bridgehead atoms. The summed E-state index contributed by atoms with van der Waals surface area (Å²) in [5.41, 5.74) is 2.32. The van der Waals surface area contributed by atoms with Crippen LogP contribution < -0.4 is 0 Å². The van der Waals surface area contributed by atoms with E-state index in [1.807, 2.05) is 28.1 Å². The normalized spacial score (nSPS) is 20.9. The van der Waals surface area contributed by atoms with Crippen molar-refractivity contribution >= 4 is 22.7 Å². The molecule has 0 spiro atoms. The van der Waals surface area contributed by atoms with Crippen LogP contribution in [0.5, 0.6) is 0 Å². The van der Waals surface area contributed by atoms with Gasteiger partial charge in [-0.25, -0.2) is 0 Å². The van der Waals surface area contributed by atoms with Gasteiger partial charge in [0.05, 0.1) is 6.54 Å². The number of aryl methyl sites for hydroxylation is 1. The molecule has 0 radical (unpaired) electrons. The Kier molecular flexibility index (Phi) is 6.19. The quantitative estimate of drug-likeness (QED) is 0.845. The SMILES string of the molecule is C[C@H]1CCCCN1C(=O)CN1CCN(C(=O)CCc2c[nH]c3ccccc23)CC1. The zero-order chi connectivity index (χ0) is 20.2. The van der Waals surface area contributed by atoms with E-state index >= 15 is 0 Å². The summed E-state index contributed by atoms with van der Waals surface area (Å²) in [6.45, 7) is 6.54. The summed E-state index contributed by atoms with van der Waals surface area (Å²) in [6.07, 6.45) is 6.77. The minimum atomic E-state index is 0.214. The molecule has 2 saturated heterocycles. The average molecular weight is 397 g/mol. The van der Waals surface area contributed by atoms with Gasteiger partial charge in [0.2, 0.25) is 11.8 Å². The van der Waals surface area contributed by atoms with Crippen LogP contribution in [0.1, 0.15) is 38.2 Å². The van der Waals surface area contributed by atoms with E-state index in [0.29, 0.717) is 19.0 Å². The minimum absolute atomic E-state index is 0.214. The van der Waals surface area contributed by atoms with Gasteiger partial charge in [0, 0.05) is 62.3 Å². The highest BCUT2D eigenvalue weighted by Crippen LogP contribution is 2.20. The third kappa shape index (κ3) is 4.64. The van der Waals surface area contributed by atoms with Crippen LogP contribution in [0.2, 0.25) is 0 Å². The number of hydrogen-bond donors (Lipinski definition) is 1. The molecule has 29 heavy (non-hydrogen) atoms. The summed E-state index contributed by atoms with van der Waals surface area (Å²) in [5, 5.41) is 1.20. The molecule has 6 nitrogen and oxygen atoms in total. The molecule has 2 amide bonds. The van der Waals surface area contributed by atoms with E-state index in [4.69, 9.17) is 0 Å². The minimum Gasteiger partial charge on any atom is -0.361 e. The Morgan fingerprint density at radius 2 is 1.83 bits per heavy atom. The number of rotatable bonds is 5. The first-order valence-electron chi connectivity index (χ1n) is 11.0. The standard InChI is InChI=1S/C23H32N4O2/c1-18-6-4-5-11-27(18)23(29)17-25-12-14-26(15-13-25)22(28)10-9-19-16-24-21-8-3-2-7-20(19)21/h2-3,7-8,16,18,24H,4-6,9-15,17H2,1H3/t18-/m0/s1. The molecule has 4 rings (SSSR count). The molecule has 2 aromatic rings. The van der Waals surface area contributed by atoms with Gasteiger partial charge in [0.25, 0.3) is 0 Å². The number of hydrogen-bond acceptors (Lipinski definition) is 3. The highest BCUT2D eigenvalue weighted by molar-refractivity contribution is 5.84. The van der Waals surface area contributed by atoms with Crippen molar-refractivity contribution in [3.8, 4) is 0 Å². The molecule has 156 valence electrons. The highest BCUT2D eigenvalue weighted by Gasteiger charge is 2.27. The van der Waals surface area contributed by atoms with E-state index in [1.54, 1.807) is 0 Å². The summed E-state index contributed by atoms with van der Waals surface area (Å²) in [6, 6.07) is 8.58. The molecular formula is C23H32N4O2. The van der Waals surface area contributed by atoms with Crippen LogP contribution in [-0.2, 0) is 16.0 Å². The monoisotopic (exact) mass is 396 g/mol. The Bertz CT molecular complexity index is 853. The van der Waals surface area contributed by atoms with Gasteiger partial charge >= 0.3 is 0 Å². The summed E-state index contributed by atoms with van der Waals surface area (Å²) < 4.78 is 0. The van der Waals surface area contributed by atoms with Crippen molar-refractivity contribution in [3.05, 3.63) is 36.0 Å². The number of aromatic nitrogens is 1. The van der Waals surface area contributed by atoms with E-state index in [0.717, 1.165) is 57.5 Å². The predicted molar refractivity (Wildman–Crippen MR) is 115 cm³/mol. The lowest BCUT2D eigenvalue weighted by molar-refractivity contribution is -0.137. The fourth-order valence-corrected chi connectivity index (χ4v) is 4.64. The number of piperazine rings is 1. The van der Waals surface area contributed by atoms with Crippen LogP contribution in [0.4, 0.5) is 0 Å². The lowest BCUT2D eigenvalue weighted by Crippen LogP contribution is -2.53. The van der Waals surface area contributed by atoms with E-state index in [1.165, 1.54) is 17.4 Å². The van der Waals surface area contributed by atoms with E-state index in [9.17, 15) is 9.59 Å². The number of carbonyl (C=O) groups excluding carboxylic acids is 2. The molecule has 3 heterocycles. The molecule has 0 aliphatic carbocycles. The summed E-state index contributed by atoms with van der Waals surface area (Å²) in [5.74, 6) is 0.460. The molecule has 1 atom stereocenters. The van der Waals surface area contributed by atoms with Gasteiger partial charge in [-0.05, 0) is 44.2 Å².